The van der Waals surface area contributed by atoms with Gasteiger partial charge in [-0.3, -0.25) is 10.0 Å². The van der Waals surface area contributed by atoms with E-state index in [0.717, 1.165) is 0 Å². The van der Waals surface area contributed by atoms with Gasteiger partial charge in [0.15, 0.2) is 0 Å². The van der Waals surface area contributed by atoms with Gasteiger partial charge < -0.3 is 0 Å². The molecule has 0 radical (unpaired) electrons. The van der Waals surface area contributed by atoms with Crippen LogP contribution in [-0.2, 0) is 15.5 Å². The molecule has 0 rings (SSSR count). The average Bonchev–Trinajstić information content (AvgIpc) is 2.01. The molecule has 0 saturated heterocycles. The first-order valence-electron chi connectivity index (χ1n) is 3.52. The maximum atomic E-state index is 11.0. The molecular formula is C6H13NO4S. The molecule has 2 N–H and O–H groups in total. The predicted molar refractivity (Wildman–Crippen MR) is 43.5 cm³/mol. The molecule has 0 saturated carbocycles. The zero-order chi connectivity index (χ0) is 9.78. The standard InChI is InChI=1S/C6H13NO4S/c1-3-6(2,4-12(10)11)5(8)7-9/h9,12H,3-4H2,1-2H3,(H,7,8). The van der Waals surface area contributed by atoms with Gasteiger partial charge in [-0.2, -0.15) is 0 Å². The van der Waals surface area contributed by atoms with Crippen molar-refractivity contribution in [2.24, 2.45) is 5.41 Å². The second-order valence-corrected chi connectivity index (χ2v) is 3.83. The maximum absolute atomic E-state index is 11.0. The monoisotopic (exact) mass is 195 g/mol. The van der Waals surface area contributed by atoms with Gasteiger partial charge >= 0.3 is 0 Å². The Hall–Kier alpha value is -0.620. The van der Waals surface area contributed by atoms with E-state index in [9.17, 15) is 13.2 Å². The van der Waals surface area contributed by atoms with Crippen molar-refractivity contribution >= 4 is 16.6 Å². The van der Waals surface area contributed by atoms with E-state index < -0.39 is 22.0 Å². The van der Waals surface area contributed by atoms with Crippen molar-refractivity contribution in [2.75, 3.05) is 5.75 Å². The van der Waals surface area contributed by atoms with E-state index in [1.165, 1.54) is 12.4 Å². The van der Waals surface area contributed by atoms with E-state index in [2.05, 4.69) is 0 Å². The molecule has 1 atom stereocenters. The van der Waals surface area contributed by atoms with Crippen LogP contribution in [0.25, 0.3) is 0 Å². The third kappa shape index (κ3) is 2.78. The van der Waals surface area contributed by atoms with Crippen molar-refractivity contribution in [1.82, 2.24) is 5.48 Å². The van der Waals surface area contributed by atoms with E-state index >= 15 is 0 Å². The zero-order valence-corrected chi connectivity index (χ0v) is 7.93. The summed E-state index contributed by atoms with van der Waals surface area (Å²) in [4.78, 5) is 11.0. The summed E-state index contributed by atoms with van der Waals surface area (Å²) in [6, 6.07) is 0. The van der Waals surface area contributed by atoms with Gasteiger partial charge in [0.05, 0.1) is 11.2 Å². The summed E-state index contributed by atoms with van der Waals surface area (Å²) >= 11 is 0. The first-order valence-corrected chi connectivity index (χ1v) is 4.89. The zero-order valence-electron chi connectivity index (χ0n) is 7.03. The number of amides is 1. The average molecular weight is 195 g/mol. The minimum absolute atomic E-state index is 0.245. The number of hydrogen-bond donors (Lipinski definition) is 3. The van der Waals surface area contributed by atoms with E-state index in [4.69, 9.17) is 5.21 Å². The molecule has 0 aliphatic rings. The third-order valence-corrected chi connectivity index (χ3v) is 2.86. The van der Waals surface area contributed by atoms with Gasteiger partial charge in [-0.1, -0.05) is 6.92 Å². The van der Waals surface area contributed by atoms with Crippen LogP contribution < -0.4 is 5.48 Å². The molecule has 0 aliphatic heterocycles. The summed E-state index contributed by atoms with van der Waals surface area (Å²) in [5.74, 6) is -0.908. The fourth-order valence-corrected chi connectivity index (χ4v) is 1.70. The second-order valence-electron chi connectivity index (χ2n) is 2.85. The van der Waals surface area contributed by atoms with Crippen LogP contribution in [0.2, 0.25) is 0 Å². The van der Waals surface area contributed by atoms with E-state index in [1.807, 2.05) is 0 Å². The van der Waals surface area contributed by atoms with Gasteiger partial charge in [-0.05, 0) is 13.3 Å². The second kappa shape index (κ2) is 4.42. The number of hydroxylamine groups is 1. The molecule has 1 unspecified atom stereocenters. The molecule has 0 bridgehead atoms. The summed E-state index contributed by atoms with van der Waals surface area (Å²) in [6.45, 7) is 3.18. The summed E-state index contributed by atoms with van der Waals surface area (Å²) in [5.41, 5.74) is 0.432. The quantitative estimate of drug-likeness (QED) is 0.321. The highest BCUT2D eigenvalue weighted by atomic mass is 32.2. The Bertz CT molecular complexity index is 230. The molecule has 0 heterocycles. The van der Waals surface area contributed by atoms with E-state index in [0.29, 0.717) is 6.42 Å². The molecule has 0 aromatic carbocycles. The summed E-state index contributed by atoms with van der Waals surface area (Å²) in [5, 5.41) is 8.32. The number of carbonyl (C=O) groups excluding carboxylic acids is 1. The molecular weight excluding hydrogens is 182 g/mol. The Morgan fingerprint density at radius 3 is 2.33 bits per heavy atom. The molecule has 0 aromatic rings. The van der Waals surface area contributed by atoms with Crippen molar-refractivity contribution in [3.63, 3.8) is 0 Å². The maximum Gasteiger partial charge on any atom is 0.250 e. The number of rotatable bonds is 4. The molecule has 72 valence electrons. The third-order valence-electron chi connectivity index (χ3n) is 1.91. The fraction of sp³-hybridized carbons (Fsp3) is 0.833. The lowest BCUT2D eigenvalue weighted by Crippen LogP contribution is -2.39. The van der Waals surface area contributed by atoms with Crippen LogP contribution in [0.5, 0.6) is 0 Å². The lowest BCUT2D eigenvalue weighted by molar-refractivity contribution is -0.137. The van der Waals surface area contributed by atoms with Crippen LogP contribution in [-0.4, -0.2) is 25.3 Å². The summed E-state index contributed by atoms with van der Waals surface area (Å²) in [7, 11) is -2.60. The van der Waals surface area contributed by atoms with Gasteiger partial charge in [-0.25, -0.2) is 13.9 Å². The number of thiol groups is 1. The van der Waals surface area contributed by atoms with Crippen molar-refractivity contribution in [3.8, 4) is 0 Å². The predicted octanol–water partition coefficient (Wildman–Crippen LogP) is -0.481. The lowest BCUT2D eigenvalue weighted by Gasteiger charge is -2.21. The van der Waals surface area contributed by atoms with Crippen molar-refractivity contribution in [2.45, 2.75) is 20.3 Å². The fourth-order valence-electron chi connectivity index (χ4n) is 0.764. The Labute approximate surface area is 72.7 Å². The van der Waals surface area contributed by atoms with Gasteiger partial charge in [0.25, 0.3) is 0 Å². The van der Waals surface area contributed by atoms with Gasteiger partial charge in [0, 0.05) is 0 Å². The van der Waals surface area contributed by atoms with Crippen molar-refractivity contribution in [1.29, 1.82) is 0 Å². The van der Waals surface area contributed by atoms with Crippen LogP contribution in [0.4, 0.5) is 0 Å². The van der Waals surface area contributed by atoms with Crippen LogP contribution in [0, 0.1) is 5.41 Å². The van der Waals surface area contributed by atoms with Crippen LogP contribution in [0.3, 0.4) is 0 Å². The largest absolute Gasteiger partial charge is 0.289 e. The van der Waals surface area contributed by atoms with Crippen LogP contribution >= 0.6 is 0 Å². The van der Waals surface area contributed by atoms with Gasteiger partial charge in [0.2, 0.25) is 5.91 Å². The van der Waals surface area contributed by atoms with Crippen molar-refractivity contribution in [3.05, 3.63) is 0 Å². The number of carbonyl (C=O) groups is 1. The smallest absolute Gasteiger partial charge is 0.250 e. The summed E-state index contributed by atoms with van der Waals surface area (Å²) < 4.78 is 20.7. The molecule has 0 aromatic heterocycles. The van der Waals surface area contributed by atoms with Gasteiger partial charge in [-0.15, -0.1) is 0 Å². The highest BCUT2D eigenvalue weighted by Gasteiger charge is 2.31. The Balaban J connectivity index is 4.54. The summed E-state index contributed by atoms with van der Waals surface area (Å²) in [6.07, 6.45) is 0.364. The minimum Gasteiger partial charge on any atom is -0.289 e. The molecule has 6 heteroatoms. The van der Waals surface area contributed by atoms with Crippen LogP contribution in [0.1, 0.15) is 20.3 Å². The molecule has 0 aliphatic carbocycles. The first kappa shape index (κ1) is 11.4. The minimum atomic E-state index is -2.60. The Morgan fingerprint density at radius 1 is 1.58 bits per heavy atom. The molecule has 5 nitrogen and oxygen atoms in total. The number of nitrogens with one attached hydrogen (secondary N) is 1. The van der Waals surface area contributed by atoms with Gasteiger partial charge in [0.1, 0.15) is 10.7 Å². The van der Waals surface area contributed by atoms with Crippen LogP contribution in [0.15, 0.2) is 0 Å². The molecule has 0 spiro atoms. The topological polar surface area (TPSA) is 83.5 Å². The normalized spacial score (nSPS) is 15.7. The SMILES string of the molecule is CCC(C)(C[SH](=O)=O)C(=O)NO. The highest BCUT2D eigenvalue weighted by molar-refractivity contribution is 7.72. The molecule has 0 fully saturated rings. The molecule has 1 amide bonds. The first-order chi connectivity index (χ1) is 5.46. The molecule has 12 heavy (non-hydrogen) atoms. The van der Waals surface area contributed by atoms with Crippen molar-refractivity contribution < 1.29 is 18.4 Å². The number of hydrogen-bond acceptors (Lipinski definition) is 4. The Kier molecular flexibility index (Phi) is 4.19. The van der Waals surface area contributed by atoms with E-state index in [-0.39, 0.29) is 5.75 Å². The Morgan fingerprint density at radius 2 is 2.08 bits per heavy atom. The lowest BCUT2D eigenvalue weighted by atomic mass is 9.89. The highest BCUT2D eigenvalue weighted by Crippen LogP contribution is 2.20. The van der Waals surface area contributed by atoms with E-state index in [1.54, 1.807) is 6.92 Å².